The van der Waals surface area contributed by atoms with Crippen molar-refractivity contribution in [2.45, 2.75) is 38.0 Å². The molecule has 2 fully saturated rings. The van der Waals surface area contributed by atoms with Gasteiger partial charge in [0.1, 0.15) is 23.9 Å². The summed E-state index contributed by atoms with van der Waals surface area (Å²) in [5.74, 6) is 0.209. The predicted molar refractivity (Wildman–Crippen MR) is 145 cm³/mol. The zero-order chi connectivity index (χ0) is 28.5. The number of carbonyl (C=O) groups is 3. The molecule has 0 saturated carbocycles. The largest absolute Gasteiger partial charge is 0.479 e. The van der Waals surface area contributed by atoms with Crippen LogP contribution >= 0.6 is 0 Å². The number of aliphatic hydroxyl groups excluding tert-OH is 1. The number of pyridine rings is 1. The Bertz CT molecular complexity index is 1460. The molecule has 0 bridgehead atoms. The highest BCUT2D eigenvalue weighted by atomic mass is 19.1. The van der Waals surface area contributed by atoms with Crippen molar-refractivity contribution in [2.24, 2.45) is 0 Å². The van der Waals surface area contributed by atoms with E-state index in [0.717, 1.165) is 5.56 Å². The number of benzene rings is 2. The summed E-state index contributed by atoms with van der Waals surface area (Å²) in [5, 5.41) is 9.69. The summed E-state index contributed by atoms with van der Waals surface area (Å²) in [5.41, 5.74) is 1.91. The maximum Gasteiger partial charge on any atom is 0.268 e. The Morgan fingerprint density at radius 2 is 1.73 bits per heavy atom. The topological polar surface area (TPSA) is 113 Å². The fourth-order valence-corrected chi connectivity index (χ4v) is 5.33. The molecule has 3 aliphatic heterocycles. The summed E-state index contributed by atoms with van der Waals surface area (Å²) in [6.07, 6.45) is 1.94. The molecule has 11 heteroatoms. The van der Waals surface area contributed by atoms with Gasteiger partial charge in [-0.15, -0.1) is 0 Å². The van der Waals surface area contributed by atoms with Crippen molar-refractivity contribution in [3.63, 3.8) is 0 Å². The van der Waals surface area contributed by atoms with Gasteiger partial charge in [-0.3, -0.25) is 14.4 Å². The molecule has 41 heavy (non-hydrogen) atoms. The zero-order valence-corrected chi connectivity index (χ0v) is 22.2. The number of carbonyl (C=O) groups excluding carboxylic acids is 3. The Kier molecular flexibility index (Phi) is 7.27. The monoisotopic (exact) mass is 560 g/mol. The van der Waals surface area contributed by atoms with Gasteiger partial charge in [-0.05, 0) is 60.9 Å². The van der Waals surface area contributed by atoms with Crippen molar-refractivity contribution in [1.29, 1.82) is 0 Å². The number of ether oxygens (including phenoxy) is 2. The third kappa shape index (κ3) is 5.71. The minimum absolute atomic E-state index is 0.0146. The quantitative estimate of drug-likeness (QED) is 0.473. The number of amides is 3. The minimum Gasteiger partial charge on any atom is -0.479 e. The molecule has 4 heterocycles. The Morgan fingerprint density at radius 1 is 0.976 bits per heavy atom. The van der Waals surface area contributed by atoms with E-state index in [4.69, 9.17) is 9.47 Å². The van der Waals surface area contributed by atoms with Crippen LogP contribution in [0.5, 0.6) is 17.4 Å². The maximum atomic E-state index is 13.2. The molecule has 2 aromatic carbocycles. The Hall–Kier alpha value is -4.51. The van der Waals surface area contributed by atoms with E-state index in [1.165, 1.54) is 35.4 Å². The predicted octanol–water partition coefficient (Wildman–Crippen LogP) is 3.14. The van der Waals surface area contributed by atoms with Crippen molar-refractivity contribution in [3.05, 3.63) is 77.7 Å². The van der Waals surface area contributed by atoms with Crippen LogP contribution in [0.15, 0.2) is 60.8 Å². The van der Waals surface area contributed by atoms with Gasteiger partial charge in [-0.2, -0.15) is 0 Å². The van der Waals surface area contributed by atoms with E-state index in [1.807, 2.05) is 12.1 Å². The summed E-state index contributed by atoms with van der Waals surface area (Å²) < 4.78 is 24.6. The second-order valence-corrected chi connectivity index (χ2v) is 10.4. The van der Waals surface area contributed by atoms with Crippen molar-refractivity contribution < 1.29 is 33.4 Å². The number of hydrogen-bond acceptors (Lipinski definition) is 7. The van der Waals surface area contributed by atoms with Crippen LogP contribution in [0.3, 0.4) is 0 Å². The van der Waals surface area contributed by atoms with Gasteiger partial charge >= 0.3 is 0 Å². The SMILES string of the molecule is O=C(CN1Cc2ccc(N3CC[C@@H](Oc4ccc(Oc5ccc(F)cc5)nc4)C3=O)cc2C1=O)N1CCC(O)CC1. The lowest BCUT2D eigenvalue weighted by atomic mass is 10.1. The van der Waals surface area contributed by atoms with Gasteiger partial charge in [0.15, 0.2) is 6.10 Å². The number of fused-ring (bicyclic) bond motifs is 1. The zero-order valence-electron chi connectivity index (χ0n) is 22.2. The van der Waals surface area contributed by atoms with E-state index in [9.17, 15) is 23.9 Å². The number of aromatic nitrogens is 1. The number of nitrogens with zero attached hydrogens (tertiary/aromatic N) is 4. The molecule has 212 valence electrons. The van der Waals surface area contributed by atoms with E-state index in [2.05, 4.69) is 4.98 Å². The standard InChI is InChI=1S/C30H29FN4O6/c31-20-2-5-23(6-3-20)41-27-8-7-24(16-32-27)40-26-11-14-35(30(26)39)21-4-1-19-17-34(29(38)25(19)15-21)18-28(37)33-12-9-22(36)10-13-33/h1-8,15-16,22,26,36H,9-14,17-18H2/t26-/m1/s1. The van der Waals surface area contributed by atoms with Crippen LogP contribution in [-0.4, -0.2) is 76.0 Å². The first-order valence-electron chi connectivity index (χ1n) is 13.6. The first-order valence-corrected chi connectivity index (χ1v) is 13.6. The van der Waals surface area contributed by atoms with Crippen LogP contribution in [0.25, 0.3) is 0 Å². The molecule has 3 aromatic rings. The maximum absolute atomic E-state index is 13.2. The van der Waals surface area contributed by atoms with Gasteiger partial charge in [-0.25, -0.2) is 9.37 Å². The first-order chi connectivity index (χ1) is 19.8. The minimum atomic E-state index is -0.707. The fourth-order valence-electron chi connectivity index (χ4n) is 5.33. The molecule has 1 N–H and O–H groups in total. The number of hydrogen-bond donors (Lipinski definition) is 1. The lowest BCUT2D eigenvalue weighted by Crippen LogP contribution is -2.45. The molecule has 0 aliphatic carbocycles. The summed E-state index contributed by atoms with van der Waals surface area (Å²) >= 11 is 0. The molecule has 2 saturated heterocycles. The molecule has 3 aliphatic rings. The summed E-state index contributed by atoms with van der Waals surface area (Å²) in [6, 6.07) is 14.2. The Labute approximate surface area is 235 Å². The molecule has 0 spiro atoms. The molecule has 1 aromatic heterocycles. The van der Waals surface area contributed by atoms with Crippen molar-refractivity contribution in [3.8, 4) is 17.4 Å². The number of likely N-dealkylation sites (tertiary alicyclic amines) is 1. The van der Waals surface area contributed by atoms with Crippen molar-refractivity contribution >= 4 is 23.4 Å². The summed E-state index contributed by atoms with van der Waals surface area (Å²) in [4.78, 5) is 48.1. The molecular weight excluding hydrogens is 531 g/mol. The van der Waals surface area contributed by atoms with Crippen LogP contribution in [0.4, 0.5) is 10.1 Å². The third-order valence-corrected chi connectivity index (χ3v) is 7.61. The smallest absolute Gasteiger partial charge is 0.268 e. The second kappa shape index (κ2) is 11.2. The highest BCUT2D eigenvalue weighted by Gasteiger charge is 2.36. The van der Waals surface area contributed by atoms with E-state index < -0.39 is 6.10 Å². The number of halogens is 1. The molecule has 10 nitrogen and oxygen atoms in total. The van der Waals surface area contributed by atoms with Crippen LogP contribution in [-0.2, 0) is 16.1 Å². The molecule has 0 unspecified atom stereocenters. The molecule has 6 rings (SSSR count). The lowest BCUT2D eigenvalue weighted by Gasteiger charge is -2.30. The Morgan fingerprint density at radius 3 is 2.46 bits per heavy atom. The van der Waals surface area contributed by atoms with Gasteiger partial charge in [0.25, 0.3) is 11.8 Å². The van der Waals surface area contributed by atoms with Crippen LogP contribution < -0.4 is 14.4 Å². The molecular formula is C30H29FN4O6. The van der Waals surface area contributed by atoms with Crippen molar-refractivity contribution in [2.75, 3.05) is 31.1 Å². The highest BCUT2D eigenvalue weighted by Crippen LogP contribution is 2.31. The average Bonchev–Trinajstić information content (AvgIpc) is 3.49. The number of anilines is 1. The highest BCUT2D eigenvalue weighted by molar-refractivity contribution is 6.03. The van der Waals surface area contributed by atoms with E-state index in [0.29, 0.717) is 74.1 Å². The van der Waals surface area contributed by atoms with E-state index in [-0.39, 0.29) is 36.2 Å². The van der Waals surface area contributed by atoms with Gasteiger partial charge < -0.3 is 29.3 Å². The van der Waals surface area contributed by atoms with Crippen LogP contribution in [0.2, 0.25) is 0 Å². The normalized spacial score (nSPS) is 19.1. The number of rotatable bonds is 7. The number of aliphatic hydroxyl groups is 1. The van der Waals surface area contributed by atoms with Crippen LogP contribution in [0, 0.1) is 5.82 Å². The fraction of sp³-hybridized carbons (Fsp3) is 0.333. The second-order valence-electron chi connectivity index (χ2n) is 10.4. The average molecular weight is 561 g/mol. The summed E-state index contributed by atoms with van der Waals surface area (Å²) in [7, 11) is 0. The van der Waals surface area contributed by atoms with E-state index >= 15 is 0 Å². The van der Waals surface area contributed by atoms with Gasteiger partial charge in [0, 0.05) is 49.9 Å². The first kappa shape index (κ1) is 26.7. The van der Waals surface area contributed by atoms with Gasteiger partial charge in [-0.1, -0.05) is 6.07 Å². The van der Waals surface area contributed by atoms with Gasteiger partial charge in [0.05, 0.1) is 12.3 Å². The molecule has 0 radical (unpaired) electrons. The van der Waals surface area contributed by atoms with E-state index in [1.54, 1.807) is 28.0 Å². The summed E-state index contributed by atoms with van der Waals surface area (Å²) in [6.45, 7) is 1.73. The molecule has 1 atom stereocenters. The van der Waals surface area contributed by atoms with Gasteiger partial charge in [0.2, 0.25) is 11.8 Å². The lowest BCUT2D eigenvalue weighted by molar-refractivity contribution is -0.134. The molecule has 3 amide bonds. The van der Waals surface area contributed by atoms with Crippen molar-refractivity contribution in [1.82, 2.24) is 14.8 Å². The van der Waals surface area contributed by atoms with Crippen LogP contribution in [0.1, 0.15) is 35.2 Å². The Balaban J connectivity index is 1.06. The third-order valence-electron chi connectivity index (χ3n) is 7.61. The number of piperidine rings is 1.